The van der Waals surface area contributed by atoms with Gasteiger partial charge in [0.05, 0.1) is 12.6 Å². The van der Waals surface area contributed by atoms with Crippen LogP contribution in [0.1, 0.15) is 57.2 Å². The third-order valence-corrected chi connectivity index (χ3v) is 4.36. The van der Waals surface area contributed by atoms with Crippen molar-refractivity contribution < 1.29 is 4.74 Å². The van der Waals surface area contributed by atoms with Crippen molar-refractivity contribution in [3.63, 3.8) is 0 Å². The number of thiocarbonyl (C=S) groups is 1. The molecule has 134 valence electrons. The summed E-state index contributed by atoms with van der Waals surface area (Å²) >= 11 is 5.48. The molecule has 0 amide bonds. The van der Waals surface area contributed by atoms with Crippen LogP contribution in [0, 0.1) is 0 Å². The minimum atomic E-state index is 0.198. The van der Waals surface area contributed by atoms with Crippen LogP contribution in [0.4, 0.5) is 5.69 Å². The summed E-state index contributed by atoms with van der Waals surface area (Å²) in [4.78, 5) is 0. The van der Waals surface area contributed by atoms with Crippen molar-refractivity contribution in [1.29, 1.82) is 0 Å². The number of anilines is 1. The maximum Gasteiger partial charge on any atom is 0.171 e. The van der Waals surface area contributed by atoms with Crippen LogP contribution in [0.15, 0.2) is 48.5 Å². The number of hydrogen-bond acceptors (Lipinski definition) is 2. The van der Waals surface area contributed by atoms with Gasteiger partial charge in [-0.3, -0.25) is 0 Å². The smallest absolute Gasteiger partial charge is 0.171 e. The first-order valence-corrected chi connectivity index (χ1v) is 9.34. The molecule has 2 rings (SSSR count). The van der Waals surface area contributed by atoms with Gasteiger partial charge < -0.3 is 15.4 Å². The van der Waals surface area contributed by atoms with Gasteiger partial charge in [-0.05, 0) is 66.9 Å². The highest BCUT2D eigenvalue weighted by Crippen LogP contribution is 2.21. The van der Waals surface area contributed by atoms with E-state index < -0.39 is 0 Å². The van der Waals surface area contributed by atoms with Gasteiger partial charge in [0.1, 0.15) is 5.75 Å². The first-order chi connectivity index (χ1) is 12.0. The Morgan fingerprint density at radius 1 is 0.960 bits per heavy atom. The van der Waals surface area contributed by atoms with Crippen molar-refractivity contribution in [1.82, 2.24) is 5.32 Å². The Hall–Kier alpha value is -2.07. The van der Waals surface area contributed by atoms with E-state index in [2.05, 4.69) is 55.7 Å². The van der Waals surface area contributed by atoms with Crippen LogP contribution < -0.4 is 15.4 Å². The second kappa shape index (κ2) is 9.42. The Morgan fingerprint density at radius 3 is 2.08 bits per heavy atom. The van der Waals surface area contributed by atoms with Crippen molar-refractivity contribution >= 4 is 23.0 Å². The summed E-state index contributed by atoms with van der Waals surface area (Å²) in [7, 11) is 0. The average Bonchev–Trinajstić information content (AvgIpc) is 2.61. The largest absolute Gasteiger partial charge is 0.494 e. The van der Waals surface area contributed by atoms with Gasteiger partial charge in [0.15, 0.2) is 5.11 Å². The average molecular weight is 357 g/mol. The predicted octanol–water partition coefficient (Wildman–Crippen LogP) is 5.65. The number of nitrogens with one attached hydrogen (secondary N) is 2. The monoisotopic (exact) mass is 356 g/mol. The molecule has 0 saturated heterocycles. The second-order valence-electron chi connectivity index (χ2n) is 6.34. The van der Waals surface area contributed by atoms with Gasteiger partial charge in [-0.1, -0.05) is 45.0 Å². The van der Waals surface area contributed by atoms with Crippen molar-refractivity contribution in [3.8, 4) is 5.75 Å². The zero-order chi connectivity index (χ0) is 18.2. The quantitative estimate of drug-likeness (QED) is 0.628. The van der Waals surface area contributed by atoms with E-state index in [0.29, 0.717) is 17.6 Å². The van der Waals surface area contributed by atoms with E-state index in [-0.39, 0.29) is 6.04 Å². The summed E-state index contributed by atoms with van der Waals surface area (Å²) in [5, 5.41) is 7.28. The van der Waals surface area contributed by atoms with Gasteiger partial charge in [0.2, 0.25) is 0 Å². The fourth-order valence-electron chi connectivity index (χ4n) is 2.66. The molecule has 0 aliphatic rings. The van der Waals surface area contributed by atoms with Gasteiger partial charge in [0, 0.05) is 5.69 Å². The highest BCUT2D eigenvalue weighted by Gasteiger charge is 2.11. The lowest BCUT2D eigenvalue weighted by atomic mass is 9.98. The van der Waals surface area contributed by atoms with Crippen molar-refractivity contribution in [2.45, 2.75) is 46.1 Å². The highest BCUT2D eigenvalue weighted by atomic mass is 32.1. The van der Waals surface area contributed by atoms with Crippen LogP contribution in [-0.2, 0) is 0 Å². The van der Waals surface area contributed by atoms with E-state index in [0.717, 1.165) is 17.9 Å². The summed E-state index contributed by atoms with van der Waals surface area (Å²) in [5.41, 5.74) is 3.56. The first kappa shape index (κ1) is 19.3. The molecule has 4 heteroatoms. The van der Waals surface area contributed by atoms with E-state index in [1.54, 1.807) is 0 Å². The van der Waals surface area contributed by atoms with E-state index >= 15 is 0 Å². The van der Waals surface area contributed by atoms with Crippen LogP contribution in [-0.4, -0.2) is 11.7 Å². The second-order valence-corrected chi connectivity index (χ2v) is 6.75. The SMILES string of the molecule is CCOc1ccc(NC(=S)NC(CC)c2ccc(C(C)C)cc2)cc1. The van der Waals surface area contributed by atoms with Crippen LogP contribution in [0.3, 0.4) is 0 Å². The topological polar surface area (TPSA) is 33.3 Å². The van der Waals surface area contributed by atoms with E-state index in [1.807, 2.05) is 31.2 Å². The molecular weight excluding hydrogens is 328 g/mol. The molecule has 0 heterocycles. The van der Waals surface area contributed by atoms with E-state index in [1.165, 1.54) is 11.1 Å². The minimum absolute atomic E-state index is 0.198. The summed E-state index contributed by atoms with van der Waals surface area (Å²) in [6, 6.07) is 16.8. The lowest BCUT2D eigenvalue weighted by molar-refractivity contribution is 0.340. The van der Waals surface area contributed by atoms with Gasteiger partial charge in [-0.2, -0.15) is 0 Å². The molecule has 2 N–H and O–H groups in total. The molecule has 0 saturated carbocycles. The van der Waals surface area contributed by atoms with E-state index in [4.69, 9.17) is 17.0 Å². The Labute approximate surface area is 156 Å². The number of hydrogen-bond donors (Lipinski definition) is 2. The molecule has 0 radical (unpaired) electrons. The fraction of sp³-hybridized carbons (Fsp3) is 0.381. The molecule has 1 unspecified atom stereocenters. The van der Waals surface area contributed by atoms with Gasteiger partial charge in [-0.25, -0.2) is 0 Å². The normalized spacial score (nSPS) is 11.9. The zero-order valence-corrected chi connectivity index (χ0v) is 16.3. The number of ether oxygens (including phenoxy) is 1. The molecule has 0 aliphatic carbocycles. The Morgan fingerprint density at radius 2 is 1.56 bits per heavy atom. The summed E-state index contributed by atoms with van der Waals surface area (Å²) < 4.78 is 5.46. The fourth-order valence-corrected chi connectivity index (χ4v) is 2.92. The molecule has 0 bridgehead atoms. The lowest BCUT2D eigenvalue weighted by Crippen LogP contribution is -2.32. The Balaban J connectivity index is 1.96. The Bertz CT molecular complexity index is 665. The van der Waals surface area contributed by atoms with Crippen LogP contribution in [0.5, 0.6) is 5.75 Å². The summed E-state index contributed by atoms with van der Waals surface area (Å²) in [6.45, 7) is 9.22. The van der Waals surface area contributed by atoms with Crippen LogP contribution >= 0.6 is 12.2 Å². The molecular formula is C21H28N2OS. The van der Waals surface area contributed by atoms with E-state index in [9.17, 15) is 0 Å². The minimum Gasteiger partial charge on any atom is -0.494 e. The zero-order valence-electron chi connectivity index (χ0n) is 15.5. The summed E-state index contributed by atoms with van der Waals surface area (Å²) in [5.74, 6) is 1.41. The molecule has 0 spiro atoms. The summed E-state index contributed by atoms with van der Waals surface area (Å²) in [6.07, 6.45) is 0.964. The van der Waals surface area contributed by atoms with Gasteiger partial charge >= 0.3 is 0 Å². The van der Waals surface area contributed by atoms with Gasteiger partial charge in [-0.15, -0.1) is 0 Å². The molecule has 25 heavy (non-hydrogen) atoms. The van der Waals surface area contributed by atoms with Crippen LogP contribution in [0.25, 0.3) is 0 Å². The molecule has 0 aliphatic heterocycles. The third kappa shape index (κ3) is 5.75. The number of benzene rings is 2. The molecule has 0 aromatic heterocycles. The van der Waals surface area contributed by atoms with Crippen LogP contribution in [0.2, 0.25) is 0 Å². The molecule has 0 fully saturated rings. The maximum atomic E-state index is 5.48. The Kier molecular flexibility index (Phi) is 7.26. The molecule has 2 aromatic carbocycles. The molecule has 3 nitrogen and oxygen atoms in total. The van der Waals surface area contributed by atoms with Gasteiger partial charge in [0.25, 0.3) is 0 Å². The maximum absolute atomic E-state index is 5.48. The van der Waals surface area contributed by atoms with Crippen molar-refractivity contribution in [2.24, 2.45) is 0 Å². The molecule has 2 aromatic rings. The molecule has 1 atom stereocenters. The number of rotatable bonds is 7. The highest BCUT2D eigenvalue weighted by molar-refractivity contribution is 7.80. The first-order valence-electron chi connectivity index (χ1n) is 8.93. The van der Waals surface area contributed by atoms with Crippen molar-refractivity contribution in [2.75, 3.05) is 11.9 Å². The third-order valence-electron chi connectivity index (χ3n) is 4.14. The van der Waals surface area contributed by atoms with Crippen molar-refractivity contribution in [3.05, 3.63) is 59.7 Å². The predicted molar refractivity (Wildman–Crippen MR) is 111 cm³/mol. The lowest BCUT2D eigenvalue weighted by Gasteiger charge is -2.21. The standard InChI is InChI=1S/C21H28N2OS/c1-5-20(17-9-7-16(8-10-17)15(3)4)23-21(25)22-18-11-13-19(14-12-18)24-6-2/h7-15,20H,5-6H2,1-4H3,(H2,22,23,25).